The summed E-state index contributed by atoms with van der Waals surface area (Å²) in [5.74, 6) is -6.98. The quantitative estimate of drug-likeness (QED) is 0.511. The van der Waals surface area contributed by atoms with Gasteiger partial charge >= 0.3 is 42.7 Å². The number of benzene rings is 2. The number of rotatable bonds is 4. The first-order chi connectivity index (χ1) is 10.3. The molecule has 9 heteroatoms. The topological polar surface area (TPSA) is 149 Å². The van der Waals surface area contributed by atoms with Crippen LogP contribution in [0.5, 0.6) is 0 Å². The van der Waals surface area contributed by atoms with Crippen molar-refractivity contribution in [1.82, 2.24) is 0 Å². The monoisotopic (exact) mass is 312 g/mol. The van der Waals surface area contributed by atoms with Gasteiger partial charge in [0.25, 0.3) is 0 Å². The van der Waals surface area contributed by atoms with E-state index in [1.807, 2.05) is 0 Å². The predicted molar refractivity (Wildman–Crippen MR) is 72.9 cm³/mol. The van der Waals surface area contributed by atoms with Gasteiger partial charge in [-0.15, -0.1) is 0 Å². The number of carboxylic acid groups (broad SMARTS) is 4. The minimum absolute atomic E-state index is 0. The van der Waals surface area contributed by atoms with Crippen molar-refractivity contribution in [3.05, 3.63) is 46.5 Å². The van der Waals surface area contributed by atoms with Gasteiger partial charge in [-0.3, -0.25) is 0 Å². The van der Waals surface area contributed by atoms with Gasteiger partial charge in [-0.2, -0.15) is 0 Å². The van der Waals surface area contributed by atoms with Gasteiger partial charge < -0.3 is 21.9 Å². The molecule has 114 valence electrons. The largest absolute Gasteiger partial charge is 1.00 e. The van der Waals surface area contributed by atoms with Crippen molar-refractivity contribution < 1.29 is 59.9 Å². The van der Waals surface area contributed by atoms with Crippen LogP contribution in [0.1, 0.15) is 42.9 Å². The van der Waals surface area contributed by atoms with Gasteiger partial charge in [-0.25, -0.2) is 19.2 Å². The van der Waals surface area contributed by atoms with Gasteiger partial charge in [0.1, 0.15) is 0 Å². The van der Waals surface area contributed by atoms with Crippen molar-refractivity contribution in [2.45, 2.75) is 0 Å². The molecule has 4 N–H and O–H groups in total. The summed E-state index contributed by atoms with van der Waals surface area (Å²) in [4.78, 5) is 45.5. The van der Waals surface area contributed by atoms with Gasteiger partial charge in [0.2, 0.25) is 0 Å². The summed E-state index contributed by atoms with van der Waals surface area (Å²) in [7, 11) is 0. The Hall–Kier alpha value is -2.82. The van der Waals surface area contributed by atoms with Crippen molar-refractivity contribution in [1.29, 1.82) is 0 Å². The Bertz CT molecular complexity index is 791. The average Bonchev–Trinajstić information content (AvgIpc) is 2.43. The molecule has 0 heterocycles. The maximum Gasteiger partial charge on any atom is 1.00 e. The van der Waals surface area contributed by atoms with Crippen LogP contribution in [0.2, 0.25) is 0 Å². The Morgan fingerprint density at radius 1 is 0.609 bits per heavy atom. The first kappa shape index (κ1) is 18.2. The summed E-state index contributed by atoms with van der Waals surface area (Å²) < 4.78 is 0. The maximum absolute atomic E-state index is 11.4. The van der Waals surface area contributed by atoms with E-state index in [4.69, 9.17) is 0 Å². The number of hydrogen-bond acceptors (Lipinski definition) is 4. The van der Waals surface area contributed by atoms with Crippen molar-refractivity contribution in [3.63, 3.8) is 0 Å². The Balaban J connectivity index is 0.00000264. The Kier molecular flexibility index (Phi) is 5.17. The van der Waals surface area contributed by atoms with E-state index in [9.17, 15) is 39.6 Å². The van der Waals surface area contributed by atoms with Crippen LogP contribution in [0.4, 0.5) is 0 Å². The normalized spacial score (nSPS) is 9.91. The molecule has 2 rings (SSSR count). The van der Waals surface area contributed by atoms with E-state index in [0.717, 1.165) is 0 Å². The van der Waals surface area contributed by atoms with E-state index >= 15 is 0 Å². The van der Waals surface area contributed by atoms with Crippen LogP contribution < -0.4 is 18.9 Å². The zero-order chi connectivity index (χ0) is 16.6. The fourth-order valence-corrected chi connectivity index (χ4v) is 2.31. The van der Waals surface area contributed by atoms with Crippen LogP contribution in [0.3, 0.4) is 0 Å². The molecule has 23 heavy (non-hydrogen) atoms. The predicted octanol–water partition coefficient (Wildman–Crippen LogP) is -1.25. The molecule has 0 unspecified atom stereocenters. The summed E-state index contributed by atoms with van der Waals surface area (Å²) >= 11 is 0. The molecule has 0 radical (unpaired) electrons. The van der Waals surface area contributed by atoms with Crippen molar-refractivity contribution in [2.24, 2.45) is 0 Å². The van der Waals surface area contributed by atoms with Gasteiger partial charge in [-0.1, -0.05) is 24.3 Å². The third-order valence-electron chi connectivity index (χ3n) is 3.07. The first-order valence-corrected chi connectivity index (χ1v) is 5.79. The molecular weight excluding hydrogens is 303 g/mol. The average molecular weight is 312 g/mol. The number of carbonyl (C=O) groups is 4. The smallest absolute Gasteiger partial charge is 1.00 e. The molecule has 2 aromatic rings. The fourth-order valence-electron chi connectivity index (χ4n) is 2.31. The standard InChI is InChI=1S/C14H8O8.Li.H/c15-11(16)7-5-3-1-2-4-6(5)8(12(17)18)10(14(21)22)9(7)13(19)20;;/h1-4H,(H,15,16)(H,17,18)(H,19,20)(H,21,22);;/q;+1;-1. The molecule has 0 spiro atoms. The van der Waals surface area contributed by atoms with E-state index < -0.39 is 46.1 Å². The second-order valence-corrected chi connectivity index (χ2v) is 4.27. The van der Waals surface area contributed by atoms with Crippen molar-refractivity contribution in [2.75, 3.05) is 0 Å². The molecule has 0 atom stereocenters. The molecule has 0 saturated heterocycles. The van der Waals surface area contributed by atoms with Crippen molar-refractivity contribution in [3.8, 4) is 0 Å². The number of aromatic carboxylic acids is 4. The van der Waals surface area contributed by atoms with Crippen LogP contribution in [0.15, 0.2) is 24.3 Å². The number of fused-ring (bicyclic) bond motifs is 1. The van der Waals surface area contributed by atoms with E-state index in [1.54, 1.807) is 0 Å². The van der Waals surface area contributed by atoms with Gasteiger partial charge in [0.15, 0.2) is 0 Å². The third kappa shape index (κ3) is 2.90. The van der Waals surface area contributed by atoms with E-state index in [0.29, 0.717) is 0 Å². The molecule has 0 saturated carbocycles. The minimum Gasteiger partial charge on any atom is -1.00 e. The SMILES string of the molecule is O=C(O)c1c(C(=O)O)c(C(=O)O)c2ccccc2c1C(=O)O.[H-].[Li+]. The van der Waals surface area contributed by atoms with Crippen LogP contribution in [-0.4, -0.2) is 44.3 Å². The molecule has 0 fully saturated rings. The third-order valence-corrected chi connectivity index (χ3v) is 3.07. The summed E-state index contributed by atoms with van der Waals surface area (Å²) in [6.07, 6.45) is 0. The summed E-state index contributed by atoms with van der Waals surface area (Å²) in [5, 5.41) is 36.6. The van der Waals surface area contributed by atoms with Crippen molar-refractivity contribution >= 4 is 34.6 Å². The zero-order valence-electron chi connectivity index (χ0n) is 12.7. The summed E-state index contributed by atoms with van der Waals surface area (Å²) in [6, 6.07) is 5.24. The maximum atomic E-state index is 11.4. The van der Waals surface area contributed by atoms with Crippen LogP contribution >= 0.6 is 0 Å². The molecule has 2 aromatic carbocycles. The molecule has 8 nitrogen and oxygen atoms in total. The van der Waals surface area contributed by atoms with Gasteiger partial charge in [-0.05, 0) is 10.8 Å². The van der Waals surface area contributed by atoms with E-state index in [1.165, 1.54) is 24.3 Å². The molecular formula is C14H9LiO8. The van der Waals surface area contributed by atoms with Gasteiger partial charge in [0.05, 0.1) is 22.3 Å². The fraction of sp³-hybridized carbons (Fsp3) is 0. The zero-order valence-corrected chi connectivity index (χ0v) is 11.7. The molecule has 0 aliphatic heterocycles. The number of carboxylic acids is 4. The molecule has 0 bridgehead atoms. The Morgan fingerprint density at radius 2 is 0.870 bits per heavy atom. The summed E-state index contributed by atoms with van der Waals surface area (Å²) in [5.41, 5.74) is -3.64. The van der Waals surface area contributed by atoms with Crippen LogP contribution in [-0.2, 0) is 0 Å². The molecule has 0 aromatic heterocycles. The second-order valence-electron chi connectivity index (χ2n) is 4.27. The molecule has 0 aliphatic rings. The molecule has 0 aliphatic carbocycles. The van der Waals surface area contributed by atoms with Crippen LogP contribution in [0.25, 0.3) is 10.8 Å². The van der Waals surface area contributed by atoms with E-state index in [-0.39, 0.29) is 31.1 Å². The number of hydrogen-bond donors (Lipinski definition) is 4. The second kappa shape index (κ2) is 6.52. The first-order valence-electron chi connectivity index (χ1n) is 5.79. The summed E-state index contributed by atoms with van der Waals surface area (Å²) in [6.45, 7) is 0. The van der Waals surface area contributed by atoms with E-state index in [2.05, 4.69) is 0 Å². The van der Waals surface area contributed by atoms with Gasteiger partial charge in [0, 0.05) is 0 Å². The Labute approximate surface area is 141 Å². The minimum atomic E-state index is -1.83. The van der Waals surface area contributed by atoms with Crippen LogP contribution in [0, 0.1) is 0 Å². The Morgan fingerprint density at radius 3 is 1.09 bits per heavy atom. The molecule has 0 amide bonds.